The molecule has 0 saturated carbocycles. The summed E-state index contributed by atoms with van der Waals surface area (Å²) in [5.41, 5.74) is 1.36. The van der Waals surface area contributed by atoms with Gasteiger partial charge in [0.1, 0.15) is 5.56 Å². The van der Waals surface area contributed by atoms with Gasteiger partial charge >= 0.3 is 5.97 Å². The van der Waals surface area contributed by atoms with Gasteiger partial charge in [0.15, 0.2) is 0 Å². The van der Waals surface area contributed by atoms with Gasteiger partial charge in [-0.15, -0.1) is 0 Å². The van der Waals surface area contributed by atoms with E-state index >= 15 is 0 Å². The fraction of sp³-hybridized carbons (Fsp3) is 0.273. The molecular formula is C11H12N2O5. The van der Waals surface area contributed by atoms with Crippen LogP contribution in [-0.2, 0) is 9.63 Å². The molecule has 1 aromatic rings. The number of carbonyl (C=O) groups excluding carboxylic acids is 2. The minimum atomic E-state index is -0.837. The summed E-state index contributed by atoms with van der Waals surface area (Å²) >= 11 is 0. The maximum atomic E-state index is 11.6. The van der Waals surface area contributed by atoms with E-state index in [-0.39, 0.29) is 11.3 Å². The number of rotatable bonds is 3. The van der Waals surface area contributed by atoms with Crippen molar-refractivity contribution in [2.75, 3.05) is 0 Å². The second-order valence-corrected chi connectivity index (χ2v) is 3.78. The summed E-state index contributed by atoms with van der Waals surface area (Å²) in [5.74, 6) is -1.87. The van der Waals surface area contributed by atoms with E-state index in [1.54, 1.807) is 13.8 Å². The van der Waals surface area contributed by atoms with Crippen LogP contribution in [0.2, 0.25) is 0 Å². The molecular weight excluding hydrogens is 240 g/mol. The Kier molecular flexibility index (Phi) is 4.36. The van der Waals surface area contributed by atoms with Gasteiger partial charge in [-0.05, 0) is 6.07 Å². The standard InChI is InChI=1S/C11H12N2O5/c1-7(2)11(15)18-12-10(14)8-5-3-4-6-9(8)13(16)17/h3-7H,1-2H3,(H,12,14). The van der Waals surface area contributed by atoms with E-state index in [1.807, 2.05) is 5.48 Å². The second-order valence-electron chi connectivity index (χ2n) is 3.78. The molecule has 0 bridgehead atoms. The lowest BCUT2D eigenvalue weighted by molar-refractivity contribution is -0.385. The number of hydrogen-bond acceptors (Lipinski definition) is 5. The number of nitrogens with zero attached hydrogens (tertiary/aromatic N) is 1. The normalized spacial score (nSPS) is 9.94. The summed E-state index contributed by atoms with van der Waals surface area (Å²) in [6.07, 6.45) is 0. The number of nitro groups is 1. The van der Waals surface area contributed by atoms with Crippen LogP contribution in [0.4, 0.5) is 5.69 Å². The third-order valence-corrected chi connectivity index (χ3v) is 2.06. The lowest BCUT2D eigenvalue weighted by Gasteiger charge is -2.07. The molecule has 0 heterocycles. The van der Waals surface area contributed by atoms with Gasteiger partial charge in [0.2, 0.25) is 0 Å². The highest BCUT2D eigenvalue weighted by Crippen LogP contribution is 2.17. The Morgan fingerprint density at radius 3 is 2.50 bits per heavy atom. The van der Waals surface area contributed by atoms with Crippen LogP contribution in [0.1, 0.15) is 24.2 Å². The number of hydroxylamine groups is 1. The van der Waals surface area contributed by atoms with Crippen LogP contribution in [-0.4, -0.2) is 16.8 Å². The zero-order chi connectivity index (χ0) is 13.7. The summed E-state index contributed by atoms with van der Waals surface area (Å²) in [6.45, 7) is 3.19. The minimum absolute atomic E-state index is 0.168. The van der Waals surface area contributed by atoms with Gasteiger partial charge in [0.05, 0.1) is 10.8 Å². The first-order valence-corrected chi connectivity index (χ1v) is 5.18. The first-order chi connectivity index (χ1) is 8.43. The monoisotopic (exact) mass is 252 g/mol. The Labute approximate surface area is 103 Å². The maximum absolute atomic E-state index is 11.6. The molecule has 1 amide bonds. The molecule has 0 fully saturated rings. The van der Waals surface area contributed by atoms with E-state index < -0.39 is 22.7 Å². The zero-order valence-corrected chi connectivity index (χ0v) is 9.88. The highest BCUT2D eigenvalue weighted by molar-refractivity contribution is 5.98. The fourth-order valence-corrected chi connectivity index (χ4v) is 1.09. The van der Waals surface area contributed by atoms with Crippen molar-refractivity contribution in [3.8, 4) is 0 Å². The molecule has 96 valence electrons. The molecule has 7 nitrogen and oxygen atoms in total. The van der Waals surface area contributed by atoms with Crippen molar-refractivity contribution in [2.45, 2.75) is 13.8 Å². The van der Waals surface area contributed by atoms with Crippen molar-refractivity contribution in [3.63, 3.8) is 0 Å². The van der Waals surface area contributed by atoms with Gasteiger partial charge in [0.25, 0.3) is 11.6 Å². The Bertz CT molecular complexity index is 484. The molecule has 1 aromatic carbocycles. The number of amides is 1. The van der Waals surface area contributed by atoms with Crippen molar-refractivity contribution < 1.29 is 19.3 Å². The summed E-state index contributed by atoms with van der Waals surface area (Å²) in [6, 6.07) is 5.39. The molecule has 0 aliphatic rings. The van der Waals surface area contributed by atoms with Gasteiger partial charge in [-0.2, -0.15) is 5.48 Å². The van der Waals surface area contributed by atoms with Crippen LogP contribution in [0, 0.1) is 16.0 Å². The van der Waals surface area contributed by atoms with Crippen molar-refractivity contribution in [3.05, 3.63) is 39.9 Å². The number of nitro benzene ring substituents is 1. The molecule has 0 aliphatic heterocycles. The van der Waals surface area contributed by atoms with Gasteiger partial charge < -0.3 is 4.84 Å². The molecule has 0 spiro atoms. The first kappa shape index (κ1) is 13.6. The van der Waals surface area contributed by atoms with Gasteiger partial charge in [-0.1, -0.05) is 26.0 Å². The number of hydrogen-bond donors (Lipinski definition) is 1. The summed E-state index contributed by atoms with van der Waals surface area (Å²) in [7, 11) is 0. The van der Waals surface area contributed by atoms with Gasteiger partial charge in [0, 0.05) is 6.07 Å². The van der Waals surface area contributed by atoms with Gasteiger partial charge in [-0.3, -0.25) is 14.9 Å². The van der Waals surface area contributed by atoms with Crippen LogP contribution >= 0.6 is 0 Å². The summed E-state index contributed by atoms with van der Waals surface area (Å²) < 4.78 is 0. The van der Waals surface area contributed by atoms with Crippen molar-refractivity contribution in [2.24, 2.45) is 5.92 Å². The largest absolute Gasteiger partial charge is 0.340 e. The molecule has 0 unspecified atom stereocenters. The van der Waals surface area contributed by atoms with Crippen LogP contribution in [0.3, 0.4) is 0 Å². The fourth-order valence-electron chi connectivity index (χ4n) is 1.09. The predicted molar refractivity (Wildman–Crippen MR) is 61.5 cm³/mol. The van der Waals surface area contributed by atoms with E-state index in [0.29, 0.717) is 0 Å². The van der Waals surface area contributed by atoms with Crippen LogP contribution in [0.5, 0.6) is 0 Å². The van der Waals surface area contributed by atoms with Gasteiger partial charge in [-0.25, -0.2) is 4.79 Å². The third-order valence-electron chi connectivity index (χ3n) is 2.06. The second kappa shape index (κ2) is 5.76. The van der Waals surface area contributed by atoms with Crippen LogP contribution in [0.15, 0.2) is 24.3 Å². The summed E-state index contributed by atoms with van der Waals surface area (Å²) in [4.78, 5) is 37.2. The number of carbonyl (C=O) groups is 2. The molecule has 1 N–H and O–H groups in total. The van der Waals surface area contributed by atoms with E-state index in [2.05, 4.69) is 4.84 Å². The first-order valence-electron chi connectivity index (χ1n) is 5.18. The molecule has 0 radical (unpaired) electrons. The number of nitrogens with one attached hydrogen (secondary N) is 1. The molecule has 0 aromatic heterocycles. The van der Waals surface area contributed by atoms with E-state index in [9.17, 15) is 19.7 Å². The molecule has 7 heteroatoms. The molecule has 0 saturated heterocycles. The lowest BCUT2D eigenvalue weighted by Crippen LogP contribution is -2.29. The minimum Gasteiger partial charge on any atom is -0.340 e. The average Bonchev–Trinajstić information content (AvgIpc) is 2.35. The third kappa shape index (κ3) is 3.27. The highest BCUT2D eigenvalue weighted by Gasteiger charge is 2.20. The van der Waals surface area contributed by atoms with E-state index in [1.165, 1.54) is 24.3 Å². The number of para-hydroxylation sites is 1. The predicted octanol–water partition coefficient (Wildman–Crippen LogP) is 1.44. The molecule has 0 atom stereocenters. The quantitative estimate of drug-likeness (QED) is 0.648. The zero-order valence-electron chi connectivity index (χ0n) is 9.88. The molecule has 0 aliphatic carbocycles. The maximum Gasteiger partial charge on any atom is 0.334 e. The Morgan fingerprint density at radius 2 is 1.94 bits per heavy atom. The van der Waals surface area contributed by atoms with Crippen molar-refractivity contribution in [1.29, 1.82) is 0 Å². The Morgan fingerprint density at radius 1 is 1.33 bits per heavy atom. The Hall–Kier alpha value is -2.44. The van der Waals surface area contributed by atoms with Crippen molar-refractivity contribution >= 4 is 17.6 Å². The smallest absolute Gasteiger partial charge is 0.334 e. The molecule has 18 heavy (non-hydrogen) atoms. The van der Waals surface area contributed by atoms with E-state index in [4.69, 9.17) is 0 Å². The average molecular weight is 252 g/mol. The lowest BCUT2D eigenvalue weighted by atomic mass is 10.2. The SMILES string of the molecule is CC(C)C(=O)ONC(=O)c1ccccc1[N+](=O)[O-]. The van der Waals surface area contributed by atoms with Crippen LogP contribution in [0.25, 0.3) is 0 Å². The summed E-state index contributed by atoms with van der Waals surface area (Å²) in [5, 5.41) is 10.7. The van der Waals surface area contributed by atoms with Crippen molar-refractivity contribution in [1.82, 2.24) is 5.48 Å². The Balaban J connectivity index is 2.79. The van der Waals surface area contributed by atoms with Crippen LogP contribution < -0.4 is 5.48 Å². The highest BCUT2D eigenvalue weighted by atomic mass is 16.7. The number of benzene rings is 1. The molecule has 1 rings (SSSR count). The van der Waals surface area contributed by atoms with E-state index in [0.717, 1.165) is 0 Å². The topological polar surface area (TPSA) is 98.5 Å².